The normalized spacial score (nSPS) is 40.5. The first kappa shape index (κ1) is 11.9. The van der Waals surface area contributed by atoms with Gasteiger partial charge >= 0.3 is 0 Å². The smallest absolute Gasteiger partial charge is 0.223 e. The van der Waals surface area contributed by atoms with E-state index in [1.807, 2.05) is 0 Å². The van der Waals surface area contributed by atoms with Crippen molar-refractivity contribution in [3.05, 3.63) is 0 Å². The van der Waals surface area contributed by atoms with Crippen LogP contribution in [-0.2, 0) is 15.9 Å². The van der Waals surface area contributed by atoms with Gasteiger partial charge in [0.1, 0.15) is 6.17 Å². The molecular weight excluding hydrogens is 233 g/mol. The molecule has 0 aliphatic heterocycles. The topological polar surface area (TPSA) is 80.4 Å². The Balaban J connectivity index is 2.75. The van der Waals surface area contributed by atoms with E-state index in [4.69, 9.17) is 21.9 Å². The zero-order valence-electron chi connectivity index (χ0n) is 7.23. The Labute approximate surface area is 88.3 Å². The average Bonchev–Trinajstić information content (AvgIpc) is 2.02. The number of alkyl halides is 2. The van der Waals surface area contributed by atoms with E-state index >= 15 is 0 Å². The molecule has 14 heavy (non-hydrogen) atoms. The highest BCUT2D eigenvalue weighted by Gasteiger charge is 2.41. The highest BCUT2D eigenvalue weighted by molar-refractivity contribution is 7.80. The van der Waals surface area contributed by atoms with Crippen LogP contribution < -0.4 is 5.73 Å². The molecule has 0 aromatic carbocycles. The van der Waals surface area contributed by atoms with Gasteiger partial charge in [0.25, 0.3) is 0 Å². The highest BCUT2D eigenvalue weighted by atomic mass is 35.5. The van der Waals surface area contributed by atoms with Crippen molar-refractivity contribution in [2.75, 3.05) is 0 Å². The van der Waals surface area contributed by atoms with Gasteiger partial charge in [-0.25, -0.2) is 8.60 Å². The molecule has 0 aromatic rings. The van der Waals surface area contributed by atoms with E-state index in [1.54, 1.807) is 0 Å². The number of nitrogens with two attached hydrogens (primary N) is 1. The zero-order chi connectivity index (χ0) is 10.9. The standard InChI is InChI=1S/C7H11ClFNO3S/c8-4-2-5(9)3(7(10)11)1-6(4)14(12)13/h3-6H,1-2H2,(H2,10,11)(H,12,13). The summed E-state index contributed by atoms with van der Waals surface area (Å²) in [6.07, 6.45) is -1.57. The Morgan fingerprint density at radius 1 is 1.57 bits per heavy atom. The molecule has 0 aromatic heterocycles. The monoisotopic (exact) mass is 243 g/mol. The van der Waals surface area contributed by atoms with Crippen LogP contribution in [0.3, 0.4) is 0 Å². The van der Waals surface area contributed by atoms with Gasteiger partial charge in [-0.05, 0) is 12.8 Å². The highest BCUT2D eigenvalue weighted by Crippen LogP contribution is 2.32. The van der Waals surface area contributed by atoms with Crippen LogP contribution in [0.4, 0.5) is 4.39 Å². The fourth-order valence-electron chi connectivity index (χ4n) is 1.58. The van der Waals surface area contributed by atoms with Crippen molar-refractivity contribution in [2.24, 2.45) is 11.7 Å². The molecule has 1 saturated carbocycles. The largest absolute Gasteiger partial charge is 0.369 e. The van der Waals surface area contributed by atoms with Gasteiger partial charge in [-0.1, -0.05) is 0 Å². The minimum absolute atomic E-state index is 0.0617. The first-order valence-corrected chi connectivity index (χ1v) is 5.71. The molecular formula is C7H11ClFNO3S. The molecule has 1 aliphatic carbocycles. The van der Waals surface area contributed by atoms with Crippen LogP contribution in [0.5, 0.6) is 0 Å². The summed E-state index contributed by atoms with van der Waals surface area (Å²) < 4.78 is 32.9. The number of carbonyl (C=O) groups is 1. The lowest BCUT2D eigenvalue weighted by molar-refractivity contribution is -0.124. The van der Waals surface area contributed by atoms with Crippen molar-refractivity contribution in [3.63, 3.8) is 0 Å². The minimum Gasteiger partial charge on any atom is -0.369 e. The molecule has 0 spiro atoms. The minimum atomic E-state index is -2.14. The molecule has 0 radical (unpaired) electrons. The molecule has 1 fully saturated rings. The third-order valence-corrected chi connectivity index (χ3v) is 4.07. The number of amides is 1. The quantitative estimate of drug-likeness (QED) is 0.545. The second kappa shape index (κ2) is 4.55. The lowest BCUT2D eigenvalue weighted by Gasteiger charge is -2.31. The van der Waals surface area contributed by atoms with Gasteiger partial charge in [0.05, 0.1) is 16.5 Å². The van der Waals surface area contributed by atoms with Crippen molar-refractivity contribution in [1.29, 1.82) is 0 Å². The second-order valence-corrected chi connectivity index (χ2v) is 5.05. The number of carbonyl (C=O) groups excluding carboxylic acids is 1. The molecule has 3 N–H and O–H groups in total. The number of primary amides is 1. The van der Waals surface area contributed by atoms with Crippen molar-refractivity contribution >= 4 is 28.6 Å². The Kier molecular flexibility index (Phi) is 3.86. The van der Waals surface area contributed by atoms with E-state index in [1.165, 1.54) is 0 Å². The lowest BCUT2D eigenvalue weighted by atomic mass is 9.86. The van der Waals surface area contributed by atoms with Crippen LogP contribution in [0.25, 0.3) is 0 Å². The molecule has 1 amide bonds. The lowest BCUT2D eigenvalue weighted by Crippen LogP contribution is -2.44. The Hall–Kier alpha value is -0.200. The number of hydrogen-bond acceptors (Lipinski definition) is 2. The molecule has 5 atom stereocenters. The van der Waals surface area contributed by atoms with Gasteiger partial charge in [0.15, 0.2) is 11.1 Å². The number of rotatable bonds is 2. The van der Waals surface area contributed by atoms with Crippen molar-refractivity contribution in [2.45, 2.75) is 29.6 Å². The van der Waals surface area contributed by atoms with Crippen LogP contribution in [0.2, 0.25) is 0 Å². The molecule has 0 saturated heterocycles. The van der Waals surface area contributed by atoms with Gasteiger partial charge in [-0.15, -0.1) is 11.6 Å². The van der Waals surface area contributed by atoms with Gasteiger partial charge in [0.2, 0.25) is 5.91 Å². The SMILES string of the molecule is NC(=O)C1CC(S(=O)O)C(Cl)CC1F. The zero-order valence-corrected chi connectivity index (χ0v) is 8.80. The van der Waals surface area contributed by atoms with Gasteiger partial charge in [-0.3, -0.25) is 4.79 Å². The molecule has 1 aliphatic rings. The van der Waals surface area contributed by atoms with Gasteiger partial charge in [-0.2, -0.15) is 0 Å². The fourth-order valence-corrected chi connectivity index (χ4v) is 2.85. The summed E-state index contributed by atoms with van der Waals surface area (Å²) in [6.45, 7) is 0. The maximum atomic E-state index is 13.2. The van der Waals surface area contributed by atoms with Gasteiger partial charge < -0.3 is 10.3 Å². The van der Waals surface area contributed by atoms with E-state index in [0.717, 1.165) is 0 Å². The van der Waals surface area contributed by atoms with Crippen LogP contribution in [0.15, 0.2) is 0 Å². The van der Waals surface area contributed by atoms with Crippen LogP contribution in [-0.4, -0.2) is 31.5 Å². The molecule has 4 nitrogen and oxygen atoms in total. The average molecular weight is 244 g/mol. The third kappa shape index (κ3) is 2.43. The fraction of sp³-hybridized carbons (Fsp3) is 0.857. The molecule has 1 rings (SSSR count). The van der Waals surface area contributed by atoms with E-state index in [0.29, 0.717) is 0 Å². The second-order valence-electron chi connectivity index (χ2n) is 3.33. The summed E-state index contributed by atoms with van der Waals surface area (Å²) in [7, 11) is 0. The molecule has 0 bridgehead atoms. The maximum absolute atomic E-state index is 13.2. The van der Waals surface area contributed by atoms with Crippen molar-refractivity contribution < 1.29 is 17.9 Å². The third-order valence-electron chi connectivity index (χ3n) is 2.40. The van der Waals surface area contributed by atoms with Crippen LogP contribution >= 0.6 is 11.6 Å². The van der Waals surface area contributed by atoms with E-state index in [-0.39, 0.29) is 12.8 Å². The number of hydrogen-bond donors (Lipinski definition) is 2. The predicted molar refractivity (Wildman–Crippen MR) is 51.0 cm³/mol. The Morgan fingerprint density at radius 2 is 2.14 bits per heavy atom. The van der Waals surface area contributed by atoms with Crippen LogP contribution in [0.1, 0.15) is 12.8 Å². The summed E-state index contributed by atoms with van der Waals surface area (Å²) in [6, 6.07) is 0. The predicted octanol–water partition coefficient (Wildman–Crippen LogP) is 0.418. The first-order chi connectivity index (χ1) is 6.43. The Morgan fingerprint density at radius 3 is 2.57 bits per heavy atom. The van der Waals surface area contributed by atoms with E-state index in [2.05, 4.69) is 0 Å². The van der Waals surface area contributed by atoms with Crippen LogP contribution in [0, 0.1) is 5.92 Å². The van der Waals surface area contributed by atoms with Crippen molar-refractivity contribution in [3.8, 4) is 0 Å². The molecule has 0 heterocycles. The molecule has 5 unspecified atom stereocenters. The molecule has 82 valence electrons. The first-order valence-electron chi connectivity index (χ1n) is 4.10. The number of halogens is 2. The summed E-state index contributed by atoms with van der Waals surface area (Å²) >= 11 is 3.56. The van der Waals surface area contributed by atoms with Gasteiger partial charge in [0, 0.05) is 0 Å². The molecule has 7 heteroatoms. The summed E-state index contributed by atoms with van der Waals surface area (Å²) in [4.78, 5) is 10.8. The van der Waals surface area contributed by atoms with Crippen molar-refractivity contribution in [1.82, 2.24) is 0 Å². The summed E-state index contributed by atoms with van der Waals surface area (Å²) in [5.41, 5.74) is 4.96. The van der Waals surface area contributed by atoms with E-state index in [9.17, 15) is 13.4 Å². The van der Waals surface area contributed by atoms with E-state index < -0.39 is 39.7 Å². The summed E-state index contributed by atoms with van der Waals surface area (Å²) in [5, 5.41) is -1.49. The Bertz CT molecular complexity index is 241. The summed E-state index contributed by atoms with van der Waals surface area (Å²) in [5.74, 6) is -1.78. The maximum Gasteiger partial charge on any atom is 0.223 e.